The maximum absolute atomic E-state index is 4.33. The van der Waals surface area contributed by atoms with Crippen molar-refractivity contribution in [1.29, 1.82) is 0 Å². The Hall–Kier alpha value is 0.0800. The summed E-state index contributed by atoms with van der Waals surface area (Å²) in [6, 6.07) is 0. The molecule has 0 N–H and O–H groups in total. The molecule has 0 unspecified atom stereocenters. The van der Waals surface area contributed by atoms with Crippen LogP contribution in [-0.2, 0) is 7.05 Å². The van der Waals surface area contributed by atoms with Gasteiger partial charge in [-0.05, 0) is 50.5 Å². The SMILES string of the molecule is Cc1nnc(Sc2nc(Br)c(Br)s2)n1C. The van der Waals surface area contributed by atoms with Crippen LogP contribution < -0.4 is 0 Å². The lowest BCUT2D eigenvalue weighted by atomic mass is 10.7. The number of rotatable bonds is 2. The molecule has 0 aliphatic heterocycles. The van der Waals surface area contributed by atoms with Crippen molar-refractivity contribution in [2.24, 2.45) is 7.05 Å². The molecule has 0 bridgehead atoms. The molecule has 0 aromatic carbocycles. The average molecular weight is 370 g/mol. The second-order valence-corrected chi connectivity index (χ2v) is 7.02. The Morgan fingerprint density at radius 2 is 2.07 bits per heavy atom. The molecule has 0 atom stereocenters. The molecule has 0 spiro atoms. The number of hydrogen-bond acceptors (Lipinski definition) is 5. The number of hydrogen-bond donors (Lipinski definition) is 0. The van der Waals surface area contributed by atoms with Crippen molar-refractivity contribution < 1.29 is 0 Å². The summed E-state index contributed by atoms with van der Waals surface area (Å²) in [6.07, 6.45) is 0. The molecule has 0 fully saturated rings. The lowest BCUT2D eigenvalue weighted by Crippen LogP contribution is -1.92. The molecule has 15 heavy (non-hydrogen) atoms. The van der Waals surface area contributed by atoms with Crippen LogP contribution in [0.1, 0.15) is 5.82 Å². The van der Waals surface area contributed by atoms with Gasteiger partial charge in [-0.1, -0.05) is 11.3 Å². The van der Waals surface area contributed by atoms with Crippen LogP contribution in [0.2, 0.25) is 0 Å². The van der Waals surface area contributed by atoms with Crippen LogP contribution in [0, 0.1) is 6.92 Å². The highest BCUT2D eigenvalue weighted by molar-refractivity contribution is 9.13. The maximum atomic E-state index is 4.33. The first-order chi connectivity index (χ1) is 7.08. The fraction of sp³-hybridized carbons (Fsp3) is 0.286. The van der Waals surface area contributed by atoms with Gasteiger partial charge in [0.25, 0.3) is 0 Å². The zero-order valence-corrected chi connectivity index (χ0v) is 12.7. The Morgan fingerprint density at radius 3 is 2.53 bits per heavy atom. The zero-order valence-electron chi connectivity index (χ0n) is 7.86. The Balaban J connectivity index is 2.25. The smallest absolute Gasteiger partial charge is 0.198 e. The highest BCUT2D eigenvalue weighted by Crippen LogP contribution is 2.36. The van der Waals surface area contributed by atoms with E-state index in [4.69, 9.17) is 0 Å². The summed E-state index contributed by atoms with van der Waals surface area (Å²) in [5.74, 6) is 0.896. The van der Waals surface area contributed by atoms with E-state index in [2.05, 4.69) is 47.0 Å². The van der Waals surface area contributed by atoms with E-state index in [-0.39, 0.29) is 0 Å². The molecule has 2 rings (SSSR count). The summed E-state index contributed by atoms with van der Waals surface area (Å²) >= 11 is 9.83. The summed E-state index contributed by atoms with van der Waals surface area (Å²) in [4.78, 5) is 4.33. The van der Waals surface area contributed by atoms with Crippen molar-refractivity contribution in [2.45, 2.75) is 16.4 Å². The molecule has 0 amide bonds. The molecule has 2 heterocycles. The van der Waals surface area contributed by atoms with Crippen molar-refractivity contribution in [2.75, 3.05) is 0 Å². The Bertz CT molecular complexity index is 474. The van der Waals surface area contributed by atoms with Crippen molar-refractivity contribution >= 4 is 55.0 Å². The standard InChI is InChI=1S/C7H6Br2N4S2/c1-3-11-12-6(13(3)2)15-7-10-4(8)5(9)14-7/h1-2H3. The van der Waals surface area contributed by atoms with Crippen molar-refractivity contribution in [1.82, 2.24) is 19.7 Å². The van der Waals surface area contributed by atoms with E-state index in [1.165, 1.54) is 11.8 Å². The van der Waals surface area contributed by atoms with Gasteiger partial charge in [-0.25, -0.2) is 4.98 Å². The third-order valence-corrected chi connectivity index (χ3v) is 5.93. The quantitative estimate of drug-likeness (QED) is 0.814. The predicted molar refractivity (Wildman–Crippen MR) is 67.4 cm³/mol. The second-order valence-electron chi connectivity index (χ2n) is 2.74. The van der Waals surface area contributed by atoms with Gasteiger partial charge >= 0.3 is 0 Å². The molecule has 8 heteroatoms. The molecule has 4 nitrogen and oxygen atoms in total. The van der Waals surface area contributed by atoms with Crippen LogP contribution in [0.25, 0.3) is 0 Å². The first kappa shape index (κ1) is 11.6. The van der Waals surface area contributed by atoms with Gasteiger partial charge in [0.05, 0.1) is 0 Å². The summed E-state index contributed by atoms with van der Waals surface area (Å²) in [5, 5.41) is 8.90. The minimum Gasteiger partial charge on any atom is -0.309 e. The third kappa shape index (κ3) is 2.43. The van der Waals surface area contributed by atoms with Crippen LogP contribution in [0.5, 0.6) is 0 Å². The van der Waals surface area contributed by atoms with E-state index in [0.717, 1.165) is 23.7 Å². The monoisotopic (exact) mass is 368 g/mol. The first-order valence-electron chi connectivity index (χ1n) is 3.93. The number of thiazole rings is 1. The van der Waals surface area contributed by atoms with E-state index in [9.17, 15) is 0 Å². The van der Waals surface area contributed by atoms with Gasteiger partial charge in [0.2, 0.25) is 0 Å². The van der Waals surface area contributed by atoms with Crippen LogP contribution in [0.15, 0.2) is 17.9 Å². The highest BCUT2D eigenvalue weighted by Gasteiger charge is 2.12. The zero-order chi connectivity index (χ0) is 11.0. The summed E-state index contributed by atoms with van der Waals surface area (Å²) < 4.78 is 4.69. The fourth-order valence-corrected chi connectivity index (χ4v) is 4.09. The molecule has 0 aliphatic carbocycles. The van der Waals surface area contributed by atoms with Gasteiger partial charge in [-0.2, -0.15) is 0 Å². The fourth-order valence-electron chi connectivity index (χ4n) is 0.864. The topological polar surface area (TPSA) is 43.6 Å². The molecule has 2 aromatic rings. The van der Waals surface area contributed by atoms with Gasteiger partial charge in [-0.3, -0.25) is 0 Å². The van der Waals surface area contributed by atoms with E-state index >= 15 is 0 Å². The van der Waals surface area contributed by atoms with Crippen LogP contribution in [0.4, 0.5) is 0 Å². The lowest BCUT2D eigenvalue weighted by Gasteiger charge is -1.96. The Morgan fingerprint density at radius 1 is 1.33 bits per heavy atom. The molecular weight excluding hydrogens is 364 g/mol. The second kappa shape index (κ2) is 4.52. The van der Waals surface area contributed by atoms with Gasteiger partial charge in [0, 0.05) is 7.05 Å². The summed E-state index contributed by atoms with van der Waals surface area (Å²) in [6.45, 7) is 1.92. The Labute approximate surface area is 112 Å². The molecule has 80 valence electrons. The molecular formula is C7H6Br2N4S2. The molecule has 2 aromatic heterocycles. The van der Waals surface area contributed by atoms with E-state index in [0.29, 0.717) is 0 Å². The normalized spacial score (nSPS) is 10.9. The summed E-state index contributed by atoms with van der Waals surface area (Å²) in [5.41, 5.74) is 0. The molecule has 0 radical (unpaired) electrons. The van der Waals surface area contributed by atoms with Crippen molar-refractivity contribution in [3.8, 4) is 0 Å². The van der Waals surface area contributed by atoms with E-state index in [1.807, 2.05) is 18.5 Å². The number of nitrogens with zero attached hydrogens (tertiary/aromatic N) is 4. The highest BCUT2D eigenvalue weighted by atomic mass is 79.9. The van der Waals surface area contributed by atoms with Gasteiger partial charge in [0.15, 0.2) is 9.50 Å². The van der Waals surface area contributed by atoms with Crippen LogP contribution >= 0.6 is 55.0 Å². The van der Waals surface area contributed by atoms with Gasteiger partial charge in [-0.15, -0.1) is 10.2 Å². The largest absolute Gasteiger partial charge is 0.309 e. The first-order valence-corrected chi connectivity index (χ1v) is 7.15. The van der Waals surface area contributed by atoms with Crippen LogP contribution in [-0.4, -0.2) is 19.7 Å². The molecule has 0 saturated heterocycles. The van der Waals surface area contributed by atoms with E-state index in [1.54, 1.807) is 11.3 Å². The maximum Gasteiger partial charge on any atom is 0.198 e. The average Bonchev–Trinajstić information content (AvgIpc) is 2.65. The van der Waals surface area contributed by atoms with Gasteiger partial charge < -0.3 is 4.57 Å². The van der Waals surface area contributed by atoms with Gasteiger partial charge in [0.1, 0.15) is 14.2 Å². The number of aryl methyl sites for hydroxylation is 1. The summed E-state index contributed by atoms with van der Waals surface area (Å²) in [7, 11) is 1.94. The molecule has 0 saturated carbocycles. The number of aromatic nitrogens is 4. The minimum atomic E-state index is 0.828. The minimum absolute atomic E-state index is 0.828. The van der Waals surface area contributed by atoms with Crippen molar-refractivity contribution in [3.63, 3.8) is 0 Å². The Kier molecular flexibility index (Phi) is 3.49. The molecule has 0 aliphatic rings. The predicted octanol–water partition coefficient (Wildman–Crippen LogP) is 3.26. The van der Waals surface area contributed by atoms with E-state index < -0.39 is 0 Å². The third-order valence-electron chi connectivity index (χ3n) is 1.76. The van der Waals surface area contributed by atoms with Crippen LogP contribution in [0.3, 0.4) is 0 Å². The lowest BCUT2D eigenvalue weighted by molar-refractivity contribution is 0.765. The van der Waals surface area contributed by atoms with Crippen molar-refractivity contribution in [3.05, 3.63) is 14.2 Å². The number of halogens is 2.